The molecule has 0 aliphatic rings. The van der Waals surface area contributed by atoms with Crippen LogP contribution in [0, 0.1) is 12.8 Å². The van der Waals surface area contributed by atoms with Crippen LogP contribution in [0.15, 0.2) is 0 Å². The van der Waals surface area contributed by atoms with Gasteiger partial charge in [0.1, 0.15) is 0 Å². The predicted molar refractivity (Wildman–Crippen MR) is 28.4 cm³/mol. The van der Waals surface area contributed by atoms with Crippen LogP contribution in [0.5, 0.6) is 0 Å². The van der Waals surface area contributed by atoms with Gasteiger partial charge in [0.2, 0.25) is 0 Å². The fraction of sp³-hybridized carbons (Fsp3) is 0.667. The van der Waals surface area contributed by atoms with E-state index < -0.39 is 0 Å². The van der Waals surface area contributed by atoms with Gasteiger partial charge in [-0.05, 0) is 13.0 Å². The van der Waals surface area contributed by atoms with Gasteiger partial charge >= 0.3 is 0 Å². The number of hydrogen-bond donors (Lipinski definition) is 0. The average Bonchev–Trinajstić information content (AvgIpc) is 1.69. The summed E-state index contributed by atoms with van der Waals surface area (Å²) in [4.78, 5) is 0. The molecule has 0 aromatic rings. The quantitative estimate of drug-likeness (QED) is 0.383. The zero-order valence-electron chi connectivity index (χ0n) is 4.61. The van der Waals surface area contributed by atoms with Gasteiger partial charge in [0.05, 0.1) is 6.61 Å². The molecule has 0 aliphatic carbocycles. The van der Waals surface area contributed by atoms with E-state index in [1.165, 1.54) is 0 Å². The van der Waals surface area contributed by atoms with Crippen molar-refractivity contribution in [1.29, 1.82) is 0 Å². The highest BCUT2D eigenvalue weighted by Gasteiger charge is 1.77. The van der Waals surface area contributed by atoms with Crippen molar-refractivity contribution in [2.24, 2.45) is 0 Å². The molecular weight excluding hydrogens is 88.1 g/mol. The molecule has 0 fully saturated rings. The number of rotatable bonds is 4. The van der Waals surface area contributed by atoms with Crippen molar-refractivity contribution < 1.29 is 4.74 Å². The first-order valence-electron chi connectivity index (χ1n) is 2.49. The minimum Gasteiger partial charge on any atom is -0.490 e. The van der Waals surface area contributed by atoms with Crippen molar-refractivity contribution >= 4 is 0 Å². The standard InChI is InChI=1S/C6H10O/c1-3-5-6-7-4-2/h2H,3,5-6H2,1H3. The molecule has 0 aromatic heterocycles. The van der Waals surface area contributed by atoms with Gasteiger partial charge in [0.25, 0.3) is 0 Å². The van der Waals surface area contributed by atoms with E-state index in [-0.39, 0.29) is 0 Å². The molecule has 0 rings (SSSR count). The maximum Gasteiger partial charge on any atom is 0.161 e. The van der Waals surface area contributed by atoms with Crippen LogP contribution in [-0.2, 0) is 4.74 Å². The Morgan fingerprint density at radius 3 is 2.86 bits per heavy atom. The molecule has 0 bridgehead atoms. The van der Waals surface area contributed by atoms with Gasteiger partial charge < -0.3 is 4.74 Å². The third-order valence-corrected chi connectivity index (χ3v) is 0.683. The van der Waals surface area contributed by atoms with Crippen molar-refractivity contribution in [2.45, 2.75) is 19.8 Å². The van der Waals surface area contributed by atoms with Gasteiger partial charge in [-0.1, -0.05) is 13.3 Å². The molecule has 0 amide bonds. The van der Waals surface area contributed by atoms with Crippen LogP contribution in [0.25, 0.3) is 0 Å². The number of hydrogen-bond acceptors (Lipinski definition) is 1. The van der Waals surface area contributed by atoms with Gasteiger partial charge in [0.15, 0.2) is 6.26 Å². The van der Waals surface area contributed by atoms with E-state index in [2.05, 4.69) is 17.9 Å². The smallest absolute Gasteiger partial charge is 0.161 e. The third-order valence-electron chi connectivity index (χ3n) is 0.683. The number of unbranched alkanes of at least 4 members (excludes halogenated alkanes) is 1. The normalized spacial score (nSPS) is 8.14. The largest absolute Gasteiger partial charge is 0.490 e. The third kappa shape index (κ3) is 5.54. The molecule has 0 saturated carbocycles. The molecule has 7 heavy (non-hydrogen) atoms. The molecule has 0 spiro atoms. The summed E-state index contributed by atoms with van der Waals surface area (Å²) in [6, 6.07) is 0. The lowest BCUT2D eigenvalue weighted by atomic mass is 10.4. The van der Waals surface area contributed by atoms with Crippen molar-refractivity contribution in [2.75, 3.05) is 6.61 Å². The first-order valence-corrected chi connectivity index (χ1v) is 2.49. The van der Waals surface area contributed by atoms with Crippen LogP contribution < -0.4 is 0 Å². The van der Waals surface area contributed by atoms with E-state index >= 15 is 0 Å². The van der Waals surface area contributed by atoms with Crippen molar-refractivity contribution in [3.8, 4) is 0 Å². The average molecular weight is 98.1 g/mol. The maximum absolute atomic E-state index is 4.80. The monoisotopic (exact) mass is 98.1 g/mol. The summed E-state index contributed by atoms with van der Waals surface area (Å²) in [7, 11) is 0. The van der Waals surface area contributed by atoms with Crippen LogP contribution >= 0.6 is 0 Å². The predicted octanol–water partition coefficient (Wildman–Crippen LogP) is 1.55. The van der Waals surface area contributed by atoms with E-state index in [1.54, 1.807) is 0 Å². The maximum atomic E-state index is 4.80. The molecule has 2 radical (unpaired) electrons. The van der Waals surface area contributed by atoms with Crippen LogP contribution in [0.2, 0.25) is 0 Å². The Hall–Kier alpha value is -0.460. The van der Waals surface area contributed by atoms with Crippen molar-refractivity contribution in [1.82, 2.24) is 0 Å². The first-order chi connectivity index (χ1) is 3.41. The van der Waals surface area contributed by atoms with Gasteiger partial charge in [-0.15, -0.1) is 0 Å². The molecule has 0 heterocycles. The molecule has 40 valence electrons. The Labute approximate surface area is 45.0 Å². The molecule has 0 atom stereocenters. The van der Waals surface area contributed by atoms with Gasteiger partial charge in [-0.2, -0.15) is 0 Å². The molecule has 0 unspecified atom stereocenters. The summed E-state index contributed by atoms with van der Waals surface area (Å²) in [5, 5.41) is 0. The van der Waals surface area contributed by atoms with E-state index in [9.17, 15) is 0 Å². The second kappa shape index (κ2) is 5.54. The molecule has 0 N–H and O–H groups in total. The topological polar surface area (TPSA) is 9.23 Å². The summed E-state index contributed by atoms with van der Waals surface area (Å²) in [6.45, 7) is 7.60. The molecule has 0 saturated heterocycles. The lowest BCUT2D eigenvalue weighted by Crippen LogP contribution is -1.83. The Kier molecular flexibility index (Phi) is 5.18. The number of ether oxygens (including phenoxy) is 1. The molecule has 1 nitrogen and oxygen atoms in total. The van der Waals surface area contributed by atoms with Crippen molar-refractivity contribution in [3.05, 3.63) is 12.8 Å². The summed E-state index contributed by atoms with van der Waals surface area (Å²) < 4.78 is 4.60. The fourth-order valence-corrected chi connectivity index (χ4v) is 0.275. The second-order valence-corrected chi connectivity index (χ2v) is 1.32. The second-order valence-electron chi connectivity index (χ2n) is 1.32. The zero-order valence-corrected chi connectivity index (χ0v) is 4.61. The Morgan fingerprint density at radius 1 is 1.71 bits per heavy atom. The van der Waals surface area contributed by atoms with E-state index in [0.29, 0.717) is 6.61 Å². The first kappa shape index (κ1) is 6.54. The minimum absolute atomic E-state index is 0.701. The Balaban J connectivity index is 2.56. The Morgan fingerprint density at radius 2 is 2.43 bits per heavy atom. The summed E-state index contributed by atoms with van der Waals surface area (Å²) in [5.74, 6) is 0. The summed E-state index contributed by atoms with van der Waals surface area (Å²) >= 11 is 0. The zero-order chi connectivity index (χ0) is 5.54. The molecule has 0 aromatic carbocycles. The highest BCUT2D eigenvalue weighted by atomic mass is 16.5. The van der Waals surface area contributed by atoms with E-state index in [0.717, 1.165) is 12.8 Å². The highest BCUT2D eigenvalue weighted by Crippen LogP contribution is 1.85. The summed E-state index contributed by atoms with van der Waals surface area (Å²) in [6.07, 6.45) is 4.30. The van der Waals surface area contributed by atoms with Gasteiger partial charge in [-0.3, -0.25) is 0 Å². The lowest BCUT2D eigenvalue weighted by Gasteiger charge is -1.92. The Bertz CT molecular complexity index is 41.4. The SMILES string of the molecule is [CH]=[C]OCCCC. The molecule has 0 aliphatic heterocycles. The van der Waals surface area contributed by atoms with E-state index in [1.807, 2.05) is 0 Å². The highest BCUT2D eigenvalue weighted by molar-refractivity contribution is 4.33. The fourth-order valence-electron chi connectivity index (χ4n) is 0.275. The minimum atomic E-state index is 0.701. The van der Waals surface area contributed by atoms with Crippen LogP contribution in [-0.4, -0.2) is 6.61 Å². The van der Waals surface area contributed by atoms with Gasteiger partial charge in [-0.25, -0.2) is 0 Å². The van der Waals surface area contributed by atoms with Crippen LogP contribution in [0.4, 0.5) is 0 Å². The summed E-state index contributed by atoms with van der Waals surface area (Å²) in [5.41, 5.74) is 0. The van der Waals surface area contributed by atoms with Crippen LogP contribution in [0.3, 0.4) is 0 Å². The molecule has 1 heteroatoms. The lowest BCUT2D eigenvalue weighted by molar-refractivity contribution is 0.224. The van der Waals surface area contributed by atoms with E-state index in [4.69, 9.17) is 6.58 Å². The molecular formula is C6H10O. The van der Waals surface area contributed by atoms with Crippen molar-refractivity contribution in [3.63, 3.8) is 0 Å². The van der Waals surface area contributed by atoms with Gasteiger partial charge in [0, 0.05) is 0 Å². The van der Waals surface area contributed by atoms with Crippen LogP contribution in [0.1, 0.15) is 19.8 Å².